The summed E-state index contributed by atoms with van der Waals surface area (Å²) in [4.78, 5) is 0. The van der Waals surface area contributed by atoms with Crippen LogP contribution in [-0.4, -0.2) is 0 Å². The van der Waals surface area contributed by atoms with E-state index in [4.69, 9.17) is 5.26 Å². The Morgan fingerprint density at radius 1 is 0.800 bits per heavy atom. The summed E-state index contributed by atoms with van der Waals surface area (Å²) in [5.74, 6) is 0. The maximum absolute atomic E-state index is 8.99. The zero-order valence-electron chi connectivity index (χ0n) is 13.6. The van der Waals surface area contributed by atoms with E-state index in [2.05, 4.69) is 59.0 Å². The normalized spacial score (nSPS) is 16.0. The van der Waals surface area contributed by atoms with Crippen LogP contribution in [0.2, 0.25) is 0 Å². The molecule has 3 heteroatoms. The lowest BCUT2D eigenvalue weighted by molar-refractivity contribution is 0.724. The minimum atomic E-state index is 0.106. The predicted octanol–water partition coefficient (Wildman–Crippen LogP) is 4.67. The average molecular weight is 323 g/mol. The van der Waals surface area contributed by atoms with Crippen molar-refractivity contribution in [1.82, 2.24) is 5.43 Å². The number of hydrogen-bond donors (Lipinski definition) is 1. The molecule has 1 unspecified atom stereocenters. The summed E-state index contributed by atoms with van der Waals surface area (Å²) in [6, 6.07) is 30.7. The second-order valence-electron chi connectivity index (χ2n) is 5.94. The highest BCUT2D eigenvalue weighted by atomic mass is 15.5. The molecule has 0 saturated heterocycles. The molecule has 3 nitrogen and oxygen atoms in total. The van der Waals surface area contributed by atoms with E-state index in [9.17, 15) is 0 Å². The van der Waals surface area contributed by atoms with Crippen molar-refractivity contribution in [3.63, 3.8) is 0 Å². The van der Waals surface area contributed by atoms with Gasteiger partial charge in [0.05, 0.1) is 29.1 Å². The zero-order valence-corrected chi connectivity index (χ0v) is 13.6. The minimum Gasteiger partial charge on any atom is -0.297 e. The highest BCUT2D eigenvalue weighted by Crippen LogP contribution is 2.34. The van der Waals surface area contributed by atoms with Crippen molar-refractivity contribution in [3.05, 3.63) is 108 Å². The Morgan fingerprint density at radius 3 is 2.08 bits per heavy atom. The van der Waals surface area contributed by atoms with E-state index in [1.165, 1.54) is 5.56 Å². The predicted molar refractivity (Wildman–Crippen MR) is 100 cm³/mol. The number of nitrogens with zero attached hydrogens (tertiary/aromatic N) is 2. The van der Waals surface area contributed by atoms with Gasteiger partial charge in [-0.15, -0.1) is 0 Å². The Morgan fingerprint density at radius 2 is 1.44 bits per heavy atom. The van der Waals surface area contributed by atoms with E-state index < -0.39 is 0 Å². The van der Waals surface area contributed by atoms with Crippen LogP contribution in [0.5, 0.6) is 0 Å². The van der Waals surface area contributed by atoms with Gasteiger partial charge in [-0.3, -0.25) is 10.4 Å². The van der Waals surface area contributed by atoms with Crippen LogP contribution in [-0.2, 0) is 0 Å². The molecular weight excluding hydrogens is 306 g/mol. The van der Waals surface area contributed by atoms with Gasteiger partial charge in [0.1, 0.15) is 0 Å². The first-order valence-corrected chi connectivity index (χ1v) is 8.23. The largest absolute Gasteiger partial charge is 0.297 e. The number of rotatable bonds is 3. The summed E-state index contributed by atoms with van der Waals surface area (Å²) in [6.45, 7) is 0. The summed E-state index contributed by atoms with van der Waals surface area (Å²) in [7, 11) is 0. The number of hydrogen-bond acceptors (Lipinski definition) is 3. The molecule has 3 aromatic rings. The fourth-order valence-corrected chi connectivity index (χ4v) is 3.06. The van der Waals surface area contributed by atoms with Crippen LogP contribution in [0.15, 0.2) is 91.0 Å². The van der Waals surface area contributed by atoms with E-state index in [0.717, 1.165) is 16.9 Å². The van der Waals surface area contributed by atoms with E-state index in [1.54, 1.807) is 0 Å². The van der Waals surface area contributed by atoms with E-state index in [1.807, 2.05) is 48.5 Å². The van der Waals surface area contributed by atoms with E-state index >= 15 is 0 Å². The van der Waals surface area contributed by atoms with Gasteiger partial charge in [0.25, 0.3) is 0 Å². The quantitative estimate of drug-likeness (QED) is 0.761. The lowest BCUT2D eigenvalue weighted by Crippen LogP contribution is -2.33. The first-order valence-electron chi connectivity index (χ1n) is 8.23. The fraction of sp³-hybridized carbons (Fsp3) is 0.0455. The van der Waals surface area contributed by atoms with Crippen LogP contribution >= 0.6 is 0 Å². The summed E-state index contributed by atoms with van der Waals surface area (Å²) in [5.41, 5.74) is 8.63. The molecule has 25 heavy (non-hydrogen) atoms. The monoisotopic (exact) mass is 323 g/mol. The van der Waals surface area contributed by atoms with Gasteiger partial charge < -0.3 is 0 Å². The number of benzene rings is 3. The molecule has 1 heterocycles. The second-order valence-corrected chi connectivity index (χ2v) is 5.94. The molecule has 0 fully saturated rings. The van der Waals surface area contributed by atoms with Crippen LogP contribution in [0.25, 0.3) is 5.70 Å². The van der Waals surface area contributed by atoms with Crippen molar-refractivity contribution in [2.45, 2.75) is 6.04 Å². The molecule has 1 aliphatic rings. The first-order chi connectivity index (χ1) is 12.3. The molecule has 0 aromatic heterocycles. The van der Waals surface area contributed by atoms with Gasteiger partial charge in [-0.2, -0.15) is 5.26 Å². The molecule has 1 aliphatic heterocycles. The summed E-state index contributed by atoms with van der Waals surface area (Å²) in [6.07, 6.45) is 2.23. The Kier molecular flexibility index (Phi) is 3.94. The van der Waals surface area contributed by atoms with Crippen molar-refractivity contribution in [2.24, 2.45) is 0 Å². The smallest absolute Gasteiger partial charge is 0.0991 e. The average Bonchev–Trinajstić information content (AvgIpc) is 3.15. The Balaban J connectivity index is 1.73. The topological polar surface area (TPSA) is 39.1 Å². The highest BCUT2D eigenvalue weighted by Gasteiger charge is 2.26. The first kappa shape index (κ1) is 15.0. The molecule has 4 rings (SSSR count). The van der Waals surface area contributed by atoms with Crippen molar-refractivity contribution < 1.29 is 0 Å². The van der Waals surface area contributed by atoms with Crippen molar-refractivity contribution in [2.75, 3.05) is 5.01 Å². The van der Waals surface area contributed by atoms with Gasteiger partial charge in [0.2, 0.25) is 0 Å². The maximum atomic E-state index is 8.99. The third-order valence-electron chi connectivity index (χ3n) is 4.34. The van der Waals surface area contributed by atoms with Crippen molar-refractivity contribution >= 4 is 11.4 Å². The van der Waals surface area contributed by atoms with Crippen LogP contribution in [0.1, 0.15) is 22.7 Å². The molecule has 3 aromatic carbocycles. The molecule has 1 N–H and O–H groups in total. The molecular formula is C22H17N3. The summed E-state index contributed by atoms with van der Waals surface area (Å²) < 4.78 is 0. The summed E-state index contributed by atoms with van der Waals surface area (Å²) >= 11 is 0. The summed E-state index contributed by atoms with van der Waals surface area (Å²) in [5, 5.41) is 11.2. The van der Waals surface area contributed by atoms with Gasteiger partial charge in [-0.1, -0.05) is 60.7 Å². The molecule has 0 bridgehead atoms. The van der Waals surface area contributed by atoms with Gasteiger partial charge >= 0.3 is 0 Å². The Labute approximate surface area is 147 Å². The number of hydrazine groups is 1. The van der Waals surface area contributed by atoms with Gasteiger partial charge in [-0.25, -0.2) is 0 Å². The van der Waals surface area contributed by atoms with Crippen LogP contribution < -0.4 is 10.4 Å². The lowest BCUT2D eigenvalue weighted by atomic mass is 10.0. The molecule has 0 amide bonds. The number of para-hydroxylation sites is 1. The third kappa shape index (κ3) is 2.98. The minimum absolute atomic E-state index is 0.106. The number of nitriles is 1. The van der Waals surface area contributed by atoms with E-state index in [0.29, 0.717) is 5.56 Å². The van der Waals surface area contributed by atoms with Crippen LogP contribution in [0, 0.1) is 11.3 Å². The Bertz CT molecular complexity index is 923. The standard InChI is InChI=1S/C22H17N3/c23-16-17-11-13-18(14-12-17)21-15-22(19-7-3-1-4-8-19)25(24-21)20-9-5-2-6-10-20/h1-15,22,24H. The van der Waals surface area contributed by atoms with Crippen molar-refractivity contribution in [1.29, 1.82) is 5.26 Å². The second kappa shape index (κ2) is 6.54. The zero-order chi connectivity index (χ0) is 17.1. The van der Waals surface area contributed by atoms with Gasteiger partial charge in [0, 0.05) is 0 Å². The molecule has 0 spiro atoms. The fourth-order valence-electron chi connectivity index (χ4n) is 3.06. The molecule has 0 radical (unpaired) electrons. The highest BCUT2D eigenvalue weighted by molar-refractivity contribution is 5.72. The maximum Gasteiger partial charge on any atom is 0.0991 e. The lowest BCUT2D eigenvalue weighted by Gasteiger charge is -2.27. The number of nitrogens with one attached hydrogen (secondary N) is 1. The molecule has 120 valence electrons. The Hall–Kier alpha value is -3.51. The van der Waals surface area contributed by atoms with Crippen LogP contribution in [0.3, 0.4) is 0 Å². The SMILES string of the molecule is N#Cc1ccc(C2=CC(c3ccccc3)N(c3ccccc3)N2)cc1. The molecule has 0 saturated carbocycles. The van der Waals surface area contributed by atoms with Gasteiger partial charge in [0.15, 0.2) is 0 Å². The van der Waals surface area contributed by atoms with Crippen LogP contribution in [0.4, 0.5) is 5.69 Å². The van der Waals surface area contributed by atoms with Crippen molar-refractivity contribution in [3.8, 4) is 6.07 Å². The molecule has 0 aliphatic carbocycles. The molecule has 1 atom stereocenters. The third-order valence-corrected chi connectivity index (χ3v) is 4.34. The van der Waals surface area contributed by atoms with Gasteiger partial charge in [-0.05, 0) is 41.5 Å². The number of anilines is 1. The van der Waals surface area contributed by atoms with E-state index in [-0.39, 0.29) is 6.04 Å².